The number of amides is 2. The van der Waals surface area contributed by atoms with Crippen molar-refractivity contribution in [1.82, 2.24) is 4.90 Å². The SMILES string of the molecule is Cc1ccc(/C=C2/SC(=O)N(CCCc3ccccc3)C2=O)s1. The van der Waals surface area contributed by atoms with Gasteiger partial charge in [0.25, 0.3) is 11.1 Å². The lowest BCUT2D eigenvalue weighted by Crippen LogP contribution is -2.29. The molecule has 5 heteroatoms. The van der Waals surface area contributed by atoms with E-state index in [0.29, 0.717) is 11.4 Å². The zero-order chi connectivity index (χ0) is 16.2. The second kappa shape index (κ2) is 7.15. The fraction of sp³-hybridized carbons (Fsp3) is 0.222. The molecule has 2 amide bonds. The first-order valence-electron chi connectivity index (χ1n) is 7.49. The second-order valence-corrected chi connectivity index (χ2v) is 7.68. The first-order chi connectivity index (χ1) is 11.1. The minimum atomic E-state index is -0.167. The van der Waals surface area contributed by atoms with Crippen LogP contribution in [0.5, 0.6) is 0 Å². The van der Waals surface area contributed by atoms with E-state index in [1.807, 2.05) is 43.3 Å². The van der Waals surface area contributed by atoms with E-state index in [2.05, 4.69) is 12.1 Å². The molecule has 3 nitrogen and oxygen atoms in total. The minimum absolute atomic E-state index is 0.164. The van der Waals surface area contributed by atoms with Gasteiger partial charge in [-0.1, -0.05) is 30.3 Å². The third-order valence-electron chi connectivity index (χ3n) is 3.60. The predicted octanol–water partition coefficient (Wildman–Crippen LogP) is 4.73. The normalized spacial score (nSPS) is 16.6. The number of aryl methyl sites for hydroxylation is 2. The Morgan fingerprint density at radius 2 is 1.87 bits per heavy atom. The highest BCUT2D eigenvalue weighted by atomic mass is 32.2. The molecule has 0 aliphatic carbocycles. The van der Waals surface area contributed by atoms with Gasteiger partial charge in [0.1, 0.15) is 0 Å². The zero-order valence-electron chi connectivity index (χ0n) is 12.8. The molecule has 0 saturated carbocycles. The van der Waals surface area contributed by atoms with Gasteiger partial charge < -0.3 is 0 Å². The third-order valence-corrected chi connectivity index (χ3v) is 5.45. The maximum absolute atomic E-state index is 12.4. The zero-order valence-corrected chi connectivity index (χ0v) is 14.5. The lowest BCUT2D eigenvalue weighted by molar-refractivity contribution is -0.122. The van der Waals surface area contributed by atoms with Crippen LogP contribution in [0, 0.1) is 6.92 Å². The molecule has 1 aromatic heterocycles. The number of carbonyl (C=O) groups excluding carboxylic acids is 2. The largest absolute Gasteiger partial charge is 0.293 e. The van der Waals surface area contributed by atoms with Crippen molar-refractivity contribution in [2.75, 3.05) is 6.54 Å². The van der Waals surface area contributed by atoms with Gasteiger partial charge in [0.15, 0.2) is 0 Å². The van der Waals surface area contributed by atoms with Crippen LogP contribution in [0.25, 0.3) is 6.08 Å². The van der Waals surface area contributed by atoms with Crippen molar-refractivity contribution >= 4 is 40.3 Å². The summed E-state index contributed by atoms with van der Waals surface area (Å²) in [4.78, 5) is 28.5. The summed E-state index contributed by atoms with van der Waals surface area (Å²) in [5, 5.41) is -0.164. The van der Waals surface area contributed by atoms with Crippen LogP contribution in [0.2, 0.25) is 0 Å². The highest BCUT2D eigenvalue weighted by Gasteiger charge is 2.34. The molecule has 0 unspecified atom stereocenters. The van der Waals surface area contributed by atoms with Crippen molar-refractivity contribution in [1.29, 1.82) is 0 Å². The van der Waals surface area contributed by atoms with Crippen molar-refractivity contribution in [2.45, 2.75) is 19.8 Å². The Balaban J connectivity index is 1.61. The predicted molar refractivity (Wildman–Crippen MR) is 96.5 cm³/mol. The summed E-state index contributed by atoms with van der Waals surface area (Å²) in [6.45, 7) is 2.50. The number of thiophene rings is 1. The maximum Gasteiger partial charge on any atom is 0.293 e. The van der Waals surface area contributed by atoms with Crippen LogP contribution < -0.4 is 0 Å². The monoisotopic (exact) mass is 343 g/mol. The lowest BCUT2D eigenvalue weighted by Gasteiger charge is -2.11. The topological polar surface area (TPSA) is 37.4 Å². The molecule has 0 atom stereocenters. The number of nitrogens with zero attached hydrogens (tertiary/aromatic N) is 1. The summed E-state index contributed by atoms with van der Waals surface area (Å²) in [5.41, 5.74) is 1.23. The van der Waals surface area contributed by atoms with Crippen LogP contribution in [-0.2, 0) is 11.2 Å². The van der Waals surface area contributed by atoms with Crippen molar-refractivity contribution in [3.8, 4) is 0 Å². The van der Waals surface area contributed by atoms with E-state index in [1.54, 1.807) is 11.3 Å². The van der Waals surface area contributed by atoms with Gasteiger partial charge in [-0.15, -0.1) is 11.3 Å². The molecule has 1 aromatic carbocycles. The summed E-state index contributed by atoms with van der Waals surface area (Å²) in [5.74, 6) is -0.167. The molecule has 2 aromatic rings. The van der Waals surface area contributed by atoms with E-state index >= 15 is 0 Å². The van der Waals surface area contributed by atoms with E-state index < -0.39 is 0 Å². The van der Waals surface area contributed by atoms with Crippen molar-refractivity contribution in [3.05, 3.63) is 62.7 Å². The number of thioether (sulfide) groups is 1. The molecular formula is C18H17NO2S2. The molecule has 0 N–H and O–H groups in total. The van der Waals surface area contributed by atoms with Gasteiger partial charge >= 0.3 is 0 Å². The quantitative estimate of drug-likeness (QED) is 0.737. The molecule has 1 saturated heterocycles. The Morgan fingerprint density at radius 1 is 1.09 bits per heavy atom. The molecule has 1 fully saturated rings. The minimum Gasteiger partial charge on any atom is -0.268 e. The van der Waals surface area contributed by atoms with E-state index in [4.69, 9.17) is 0 Å². The molecule has 0 spiro atoms. The van der Waals surface area contributed by atoms with Crippen molar-refractivity contribution in [3.63, 3.8) is 0 Å². The molecule has 23 heavy (non-hydrogen) atoms. The Kier molecular flexibility index (Phi) is 4.98. The van der Waals surface area contributed by atoms with Crippen LogP contribution in [0.1, 0.15) is 21.7 Å². The fourth-order valence-electron chi connectivity index (χ4n) is 2.44. The number of imide groups is 1. The highest BCUT2D eigenvalue weighted by molar-refractivity contribution is 8.18. The Hall–Kier alpha value is -1.85. The van der Waals surface area contributed by atoms with Gasteiger partial charge in [-0.2, -0.15) is 0 Å². The van der Waals surface area contributed by atoms with E-state index in [-0.39, 0.29) is 11.1 Å². The first-order valence-corrected chi connectivity index (χ1v) is 9.12. The van der Waals surface area contributed by atoms with Gasteiger partial charge in [-0.05, 0) is 55.3 Å². The highest BCUT2D eigenvalue weighted by Crippen LogP contribution is 2.33. The van der Waals surface area contributed by atoms with E-state index in [9.17, 15) is 9.59 Å². The number of hydrogen-bond acceptors (Lipinski definition) is 4. The molecule has 2 heterocycles. The van der Waals surface area contributed by atoms with Gasteiger partial charge in [0, 0.05) is 16.3 Å². The van der Waals surface area contributed by atoms with Crippen LogP contribution in [0.3, 0.4) is 0 Å². The van der Waals surface area contributed by atoms with Crippen LogP contribution in [0.4, 0.5) is 4.79 Å². The summed E-state index contributed by atoms with van der Waals surface area (Å²) in [7, 11) is 0. The van der Waals surface area contributed by atoms with Gasteiger partial charge in [0.2, 0.25) is 0 Å². The van der Waals surface area contributed by atoms with Crippen LogP contribution in [0.15, 0.2) is 47.4 Å². The third kappa shape index (κ3) is 3.92. The smallest absolute Gasteiger partial charge is 0.268 e. The number of rotatable bonds is 5. The van der Waals surface area contributed by atoms with Gasteiger partial charge in [-0.3, -0.25) is 14.5 Å². The van der Waals surface area contributed by atoms with Gasteiger partial charge in [0.05, 0.1) is 4.91 Å². The maximum atomic E-state index is 12.4. The van der Waals surface area contributed by atoms with Crippen molar-refractivity contribution < 1.29 is 9.59 Å². The van der Waals surface area contributed by atoms with E-state index in [0.717, 1.165) is 29.5 Å². The molecule has 1 aliphatic rings. The molecule has 0 bridgehead atoms. The number of benzene rings is 1. The number of carbonyl (C=O) groups is 2. The van der Waals surface area contributed by atoms with E-state index in [1.165, 1.54) is 15.3 Å². The number of hydrogen-bond donors (Lipinski definition) is 0. The fourth-order valence-corrected chi connectivity index (χ4v) is 4.19. The molecular weight excluding hydrogens is 326 g/mol. The van der Waals surface area contributed by atoms with Crippen LogP contribution in [-0.4, -0.2) is 22.6 Å². The standard InChI is InChI=1S/C18H17NO2S2/c1-13-9-10-15(22-13)12-16-17(20)19(18(21)23-16)11-5-8-14-6-3-2-4-7-14/h2-4,6-7,9-10,12H,5,8,11H2,1H3/b16-12+. The molecule has 3 rings (SSSR count). The summed E-state index contributed by atoms with van der Waals surface area (Å²) in [6.07, 6.45) is 3.47. The lowest BCUT2D eigenvalue weighted by atomic mass is 10.1. The summed E-state index contributed by atoms with van der Waals surface area (Å²) in [6, 6.07) is 14.1. The molecule has 118 valence electrons. The average molecular weight is 343 g/mol. The Labute approximate surface area is 144 Å². The van der Waals surface area contributed by atoms with Crippen LogP contribution >= 0.6 is 23.1 Å². The Morgan fingerprint density at radius 3 is 2.57 bits per heavy atom. The van der Waals surface area contributed by atoms with Crippen molar-refractivity contribution in [2.24, 2.45) is 0 Å². The molecule has 1 aliphatic heterocycles. The Bertz CT molecular complexity index is 749. The van der Waals surface area contributed by atoms with Gasteiger partial charge in [-0.25, -0.2) is 0 Å². The average Bonchev–Trinajstić information content (AvgIpc) is 3.06. The molecule has 0 radical (unpaired) electrons. The summed E-state index contributed by atoms with van der Waals surface area (Å²) >= 11 is 2.66. The first kappa shape index (κ1) is 16.0. The second-order valence-electron chi connectivity index (χ2n) is 5.37. The summed E-state index contributed by atoms with van der Waals surface area (Å²) < 4.78 is 0.